The molecule has 0 radical (unpaired) electrons. The van der Waals surface area contributed by atoms with E-state index in [9.17, 15) is 13.2 Å². The van der Waals surface area contributed by atoms with Crippen molar-refractivity contribution in [2.24, 2.45) is 4.99 Å². The average molecular weight is 574 g/mol. The van der Waals surface area contributed by atoms with Gasteiger partial charge in [0.2, 0.25) is 0 Å². The van der Waals surface area contributed by atoms with Gasteiger partial charge in [0, 0.05) is 57.4 Å². The van der Waals surface area contributed by atoms with Gasteiger partial charge >= 0.3 is 0 Å². The largest absolute Gasteiger partial charge is 0.381 e. The Hall–Kier alpha value is -2.01. The Balaban J connectivity index is 0.00000306. The lowest BCUT2D eigenvalue weighted by atomic mass is 9.74. The summed E-state index contributed by atoms with van der Waals surface area (Å²) in [4.78, 5) is 6.26. The number of aliphatic imine (C=N–C) groups is 1. The molecule has 0 aromatic heterocycles. The number of nitrogens with zero attached hydrogens (tertiary/aromatic N) is 2. The topological polar surface area (TPSA) is 48.9 Å². The first-order chi connectivity index (χ1) is 15.5. The molecule has 2 aromatic rings. The van der Waals surface area contributed by atoms with Gasteiger partial charge < -0.3 is 20.3 Å². The number of halogens is 4. The molecule has 0 saturated carbocycles. The van der Waals surface area contributed by atoms with Gasteiger partial charge in [-0.3, -0.25) is 4.99 Å². The third-order valence-corrected chi connectivity index (χ3v) is 6.48. The molecule has 2 heterocycles. The number of benzene rings is 2. The minimum absolute atomic E-state index is 0. The van der Waals surface area contributed by atoms with E-state index in [2.05, 4.69) is 15.6 Å². The van der Waals surface area contributed by atoms with Crippen LogP contribution in [-0.2, 0) is 10.2 Å². The van der Waals surface area contributed by atoms with Gasteiger partial charge in [-0.2, -0.15) is 0 Å². The third-order valence-electron chi connectivity index (χ3n) is 6.48. The van der Waals surface area contributed by atoms with Gasteiger partial charge in [-0.25, -0.2) is 13.2 Å². The highest BCUT2D eigenvalue weighted by Gasteiger charge is 2.35. The molecule has 0 amide bonds. The molecular weight excluding hydrogens is 544 g/mol. The fraction of sp³-hybridized carbons (Fsp3) is 0.458. The average Bonchev–Trinajstić information content (AvgIpc) is 3.25. The van der Waals surface area contributed by atoms with E-state index in [4.69, 9.17) is 4.74 Å². The van der Waals surface area contributed by atoms with Crippen LogP contribution >= 0.6 is 24.0 Å². The predicted octanol–water partition coefficient (Wildman–Crippen LogP) is 4.21. The van der Waals surface area contributed by atoms with Crippen molar-refractivity contribution in [2.45, 2.75) is 30.7 Å². The maximum atomic E-state index is 14.1. The molecule has 2 aromatic carbocycles. The van der Waals surface area contributed by atoms with Crippen LogP contribution < -0.4 is 15.5 Å². The van der Waals surface area contributed by atoms with E-state index < -0.39 is 11.6 Å². The van der Waals surface area contributed by atoms with Gasteiger partial charge in [-0.1, -0.05) is 12.1 Å². The zero-order valence-corrected chi connectivity index (χ0v) is 21.0. The smallest absolute Gasteiger partial charge is 0.191 e. The van der Waals surface area contributed by atoms with Crippen molar-refractivity contribution in [1.82, 2.24) is 10.6 Å². The molecule has 0 spiro atoms. The van der Waals surface area contributed by atoms with E-state index in [1.165, 1.54) is 18.2 Å². The van der Waals surface area contributed by atoms with Crippen molar-refractivity contribution in [3.05, 3.63) is 65.5 Å². The summed E-state index contributed by atoms with van der Waals surface area (Å²) in [7, 11) is 1.71. The second-order valence-corrected chi connectivity index (χ2v) is 8.50. The molecule has 9 heteroatoms. The molecule has 2 aliphatic heterocycles. The van der Waals surface area contributed by atoms with Gasteiger partial charge in [-0.05, 0) is 49.1 Å². The number of anilines is 1. The monoisotopic (exact) mass is 574 g/mol. The van der Waals surface area contributed by atoms with Gasteiger partial charge in [-0.15, -0.1) is 24.0 Å². The molecule has 2 fully saturated rings. The van der Waals surface area contributed by atoms with Gasteiger partial charge in [0.05, 0.1) is 5.69 Å². The highest BCUT2D eigenvalue weighted by atomic mass is 127. The predicted molar refractivity (Wildman–Crippen MR) is 135 cm³/mol. The van der Waals surface area contributed by atoms with Crippen LogP contribution in [0, 0.1) is 17.5 Å². The van der Waals surface area contributed by atoms with Crippen molar-refractivity contribution < 1.29 is 17.9 Å². The second kappa shape index (κ2) is 11.4. The molecule has 0 aliphatic carbocycles. The van der Waals surface area contributed by atoms with Crippen molar-refractivity contribution in [3.63, 3.8) is 0 Å². The first-order valence-corrected chi connectivity index (χ1v) is 11.0. The number of hydrogen-bond donors (Lipinski definition) is 2. The zero-order valence-electron chi connectivity index (χ0n) is 18.6. The maximum Gasteiger partial charge on any atom is 0.191 e. The summed E-state index contributed by atoms with van der Waals surface area (Å²) in [6.45, 7) is 3.12. The van der Waals surface area contributed by atoms with E-state index >= 15 is 0 Å². The summed E-state index contributed by atoms with van der Waals surface area (Å²) in [5, 5.41) is 6.83. The molecular formula is C24H30F3IN4O. The fourth-order valence-corrected chi connectivity index (χ4v) is 4.62. The van der Waals surface area contributed by atoms with Crippen LogP contribution in [0.25, 0.3) is 0 Å². The molecule has 4 rings (SSSR count). The van der Waals surface area contributed by atoms with Crippen LogP contribution in [0.15, 0.2) is 47.5 Å². The first kappa shape index (κ1) is 25.6. The molecule has 2 saturated heterocycles. The van der Waals surface area contributed by atoms with Crippen molar-refractivity contribution >= 4 is 35.6 Å². The van der Waals surface area contributed by atoms with Crippen LogP contribution in [0.1, 0.15) is 24.8 Å². The van der Waals surface area contributed by atoms with E-state index in [1.54, 1.807) is 19.2 Å². The van der Waals surface area contributed by atoms with Crippen molar-refractivity contribution in [3.8, 4) is 0 Å². The summed E-state index contributed by atoms with van der Waals surface area (Å²) in [6, 6.07) is 10.5. The van der Waals surface area contributed by atoms with Crippen LogP contribution in [0.5, 0.6) is 0 Å². The van der Waals surface area contributed by atoms with Crippen molar-refractivity contribution in [1.29, 1.82) is 0 Å². The molecule has 33 heavy (non-hydrogen) atoms. The second-order valence-electron chi connectivity index (χ2n) is 8.50. The Labute approximate surface area is 209 Å². The molecule has 0 bridgehead atoms. The van der Waals surface area contributed by atoms with Gasteiger partial charge in [0.1, 0.15) is 17.5 Å². The number of ether oxygens (including phenoxy) is 1. The zero-order chi connectivity index (χ0) is 22.6. The lowest BCUT2D eigenvalue weighted by Crippen LogP contribution is -2.50. The lowest BCUT2D eigenvalue weighted by molar-refractivity contribution is 0.0512. The fourth-order valence-electron chi connectivity index (χ4n) is 4.62. The quantitative estimate of drug-likeness (QED) is 0.319. The molecule has 1 atom stereocenters. The molecule has 2 aliphatic rings. The summed E-state index contributed by atoms with van der Waals surface area (Å²) < 4.78 is 46.8. The van der Waals surface area contributed by atoms with Crippen LogP contribution in [0.4, 0.5) is 18.9 Å². The minimum Gasteiger partial charge on any atom is -0.381 e. The Morgan fingerprint density at radius 2 is 1.88 bits per heavy atom. The van der Waals surface area contributed by atoms with Crippen molar-refractivity contribution in [2.75, 3.05) is 44.8 Å². The molecule has 5 nitrogen and oxygen atoms in total. The van der Waals surface area contributed by atoms with Gasteiger partial charge in [0.25, 0.3) is 0 Å². The highest BCUT2D eigenvalue weighted by molar-refractivity contribution is 14.0. The van der Waals surface area contributed by atoms with Crippen LogP contribution in [0.2, 0.25) is 0 Å². The Morgan fingerprint density at radius 1 is 1.12 bits per heavy atom. The van der Waals surface area contributed by atoms with Crippen LogP contribution in [0.3, 0.4) is 0 Å². The van der Waals surface area contributed by atoms with Gasteiger partial charge in [0.15, 0.2) is 5.96 Å². The number of guanidine groups is 1. The lowest BCUT2D eigenvalue weighted by Gasteiger charge is -2.38. The maximum absolute atomic E-state index is 14.1. The number of nitrogens with one attached hydrogen (secondary N) is 2. The first-order valence-electron chi connectivity index (χ1n) is 11.0. The van der Waals surface area contributed by atoms with E-state index in [0.29, 0.717) is 44.5 Å². The minimum atomic E-state index is -0.579. The van der Waals surface area contributed by atoms with E-state index in [0.717, 1.165) is 30.9 Å². The third kappa shape index (κ3) is 6.11. The van der Waals surface area contributed by atoms with E-state index in [-0.39, 0.29) is 41.3 Å². The normalized spacial score (nSPS) is 20.3. The summed E-state index contributed by atoms with van der Waals surface area (Å²) in [5.74, 6) is -0.719. The molecule has 2 N–H and O–H groups in total. The standard InChI is InChI=1S/C24H29F3N4O.HI/c1-28-23(30-20-7-10-31(15-20)22-6-5-19(26)14-21(22)27)29-16-24(8-11-32-12-9-24)17-3-2-4-18(25)13-17;/h2-6,13-14,20H,7-12,15-16H2,1H3,(H2,28,29,30);1H. The Morgan fingerprint density at radius 3 is 2.58 bits per heavy atom. The number of hydrogen-bond acceptors (Lipinski definition) is 3. The molecule has 180 valence electrons. The SMILES string of the molecule is CN=C(NCC1(c2cccc(F)c2)CCOCC1)NC1CCN(c2ccc(F)cc2F)C1.I. The summed E-state index contributed by atoms with van der Waals surface area (Å²) in [6.07, 6.45) is 2.39. The summed E-state index contributed by atoms with van der Waals surface area (Å²) in [5.41, 5.74) is 1.13. The Bertz CT molecular complexity index is 968. The number of rotatable bonds is 5. The molecule has 1 unspecified atom stereocenters. The summed E-state index contributed by atoms with van der Waals surface area (Å²) >= 11 is 0. The Kier molecular flexibility index (Phi) is 8.86. The van der Waals surface area contributed by atoms with E-state index in [1.807, 2.05) is 11.0 Å². The van der Waals surface area contributed by atoms with Crippen LogP contribution in [-0.4, -0.2) is 51.9 Å². The highest BCUT2D eigenvalue weighted by Crippen LogP contribution is 2.34.